The summed E-state index contributed by atoms with van der Waals surface area (Å²) in [7, 11) is 0. The Balaban J connectivity index is 2.31. The van der Waals surface area contributed by atoms with E-state index in [4.69, 9.17) is 0 Å². The quantitative estimate of drug-likeness (QED) is 0.516. The number of Topliss-reactive ketones (excluding diaryl/α,β-unsaturated/α-hetero) is 1. The Morgan fingerprint density at radius 2 is 2.05 bits per heavy atom. The van der Waals surface area contributed by atoms with E-state index in [1.54, 1.807) is 12.3 Å². The number of aromatic nitrogens is 1. The fourth-order valence-corrected chi connectivity index (χ4v) is 2.15. The van der Waals surface area contributed by atoms with E-state index in [0.29, 0.717) is 17.5 Å². The van der Waals surface area contributed by atoms with Crippen LogP contribution in [0.1, 0.15) is 44.5 Å². The molecule has 1 heterocycles. The highest BCUT2D eigenvalue weighted by Gasteiger charge is 2.24. The summed E-state index contributed by atoms with van der Waals surface area (Å²) in [5.74, 6) is 0.325. The zero-order valence-corrected chi connectivity index (χ0v) is 12.8. The number of nitro benzene ring substituents is 1. The molecule has 0 aliphatic heterocycles. The number of nitrogens with zero attached hydrogens (tertiary/aromatic N) is 1. The van der Waals surface area contributed by atoms with Gasteiger partial charge in [-0.15, -0.1) is 0 Å². The molecular formula is C16H20N2O3. The summed E-state index contributed by atoms with van der Waals surface area (Å²) in [5.41, 5.74) is 1.32. The first-order valence-electron chi connectivity index (χ1n) is 6.99. The minimum Gasteiger partial charge on any atom is -0.360 e. The van der Waals surface area contributed by atoms with Gasteiger partial charge in [-0.25, -0.2) is 0 Å². The zero-order valence-electron chi connectivity index (χ0n) is 12.8. The molecule has 0 saturated carbocycles. The van der Waals surface area contributed by atoms with Crippen molar-refractivity contribution in [1.29, 1.82) is 0 Å². The summed E-state index contributed by atoms with van der Waals surface area (Å²) in [4.78, 5) is 25.7. The Kier molecular flexibility index (Phi) is 3.85. The lowest BCUT2D eigenvalue weighted by atomic mass is 9.78. The lowest BCUT2D eigenvalue weighted by Gasteiger charge is -2.26. The van der Waals surface area contributed by atoms with Crippen molar-refractivity contribution < 1.29 is 9.72 Å². The van der Waals surface area contributed by atoms with Crippen molar-refractivity contribution in [3.05, 3.63) is 40.1 Å². The molecule has 0 radical (unpaired) electrons. The second kappa shape index (κ2) is 5.31. The standard InChI is InChI=1S/C16H20N2O3/c1-10(16(2,3)4)7-15(19)13-9-17-14-8-11(18(20)21)5-6-12(13)14/h5-6,8-10,17H,7H2,1-4H3. The van der Waals surface area contributed by atoms with Crippen LogP contribution in [0.4, 0.5) is 5.69 Å². The monoisotopic (exact) mass is 288 g/mol. The number of hydrogen-bond donors (Lipinski definition) is 1. The molecule has 1 aromatic carbocycles. The van der Waals surface area contributed by atoms with Gasteiger partial charge in [0.05, 0.1) is 10.4 Å². The number of H-pyrrole nitrogens is 1. The SMILES string of the molecule is CC(CC(=O)c1c[nH]c2cc([N+](=O)[O-])ccc12)C(C)(C)C. The predicted molar refractivity (Wildman–Crippen MR) is 82.5 cm³/mol. The second-order valence-corrected chi connectivity index (χ2v) is 6.58. The molecule has 0 aliphatic rings. The molecule has 0 saturated heterocycles. The van der Waals surface area contributed by atoms with Crippen LogP contribution in [0, 0.1) is 21.4 Å². The number of carbonyl (C=O) groups is 1. The van der Waals surface area contributed by atoms with Crippen molar-refractivity contribution in [3.63, 3.8) is 0 Å². The van der Waals surface area contributed by atoms with Gasteiger partial charge in [0.1, 0.15) is 0 Å². The molecule has 21 heavy (non-hydrogen) atoms. The molecule has 5 nitrogen and oxygen atoms in total. The maximum atomic E-state index is 12.4. The summed E-state index contributed by atoms with van der Waals surface area (Å²) < 4.78 is 0. The summed E-state index contributed by atoms with van der Waals surface area (Å²) in [5, 5.41) is 11.5. The number of aromatic amines is 1. The second-order valence-electron chi connectivity index (χ2n) is 6.58. The van der Waals surface area contributed by atoms with Gasteiger partial charge in [0, 0.05) is 35.7 Å². The van der Waals surface area contributed by atoms with E-state index in [0.717, 1.165) is 5.39 Å². The fourth-order valence-electron chi connectivity index (χ4n) is 2.15. The lowest BCUT2D eigenvalue weighted by molar-refractivity contribution is -0.384. The molecule has 0 fully saturated rings. The third-order valence-electron chi connectivity index (χ3n) is 4.15. The summed E-state index contributed by atoms with van der Waals surface area (Å²) in [6.45, 7) is 8.41. The first kappa shape index (κ1) is 15.2. The Hall–Kier alpha value is -2.17. The first-order chi connectivity index (χ1) is 9.70. The van der Waals surface area contributed by atoms with Gasteiger partial charge in [0.15, 0.2) is 5.78 Å². The molecule has 0 bridgehead atoms. The van der Waals surface area contributed by atoms with Gasteiger partial charge in [0.25, 0.3) is 5.69 Å². The third-order valence-corrected chi connectivity index (χ3v) is 4.15. The number of rotatable bonds is 4. The van der Waals surface area contributed by atoms with E-state index in [1.807, 2.05) is 0 Å². The number of ketones is 1. The normalized spacial score (nSPS) is 13.3. The number of benzene rings is 1. The number of carbonyl (C=O) groups excluding carboxylic acids is 1. The molecular weight excluding hydrogens is 268 g/mol. The van der Waals surface area contributed by atoms with Crippen molar-refractivity contribution in [3.8, 4) is 0 Å². The summed E-state index contributed by atoms with van der Waals surface area (Å²) in [6, 6.07) is 4.53. The average molecular weight is 288 g/mol. The minimum atomic E-state index is -0.441. The Morgan fingerprint density at radius 3 is 2.62 bits per heavy atom. The van der Waals surface area contributed by atoms with Crippen LogP contribution in [0.25, 0.3) is 10.9 Å². The third kappa shape index (κ3) is 3.12. The summed E-state index contributed by atoms with van der Waals surface area (Å²) in [6.07, 6.45) is 2.11. The molecule has 5 heteroatoms. The smallest absolute Gasteiger partial charge is 0.271 e. The maximum absolute atomic E-state index is 12.4. The number of fused-ring (bicyclic) bond motifs is 1. The molecule has 112 valence electrons. The van der Waals surface area contributed by atoms with Crippen LogP contribution in [0.3, 0.4) is 0 Å². The Labute approximate surface area is 123 Å². The van der Waals surface area contributed by atoms with Crippen molar-refractivity contribution in [2.45, 2.75) is 34.1 Å². The van der Waals surface area contributed by atoms with Crippen molar-refractivity contribution in [2.24, 2.45) is 11.3 Å². The highest BCUT2D eigenvalue weighted by molar-refractivity contribution is 6.08. The van der Waals surface area contributed by atoms with Crippen molar-refractivity contribution in [2.75, 3.05) is 0 Å². The van der Waals surface area contributed by atoms with Gasteiger partial charge in [0.2, 0.25) is 0 Å². The molecule has 1 atom stereocenters. The Bertz CT molecular complexity index is 695. The van der Waals surface area contributed by atoms with Gasteiger partial charge in [-0.1, -0.05) is 27.7 Å². The number of nitro groups is 1. The predicted octanol–water partition coefficient (Wildman–Crippen LogP) is 4.33. The molecule has 1 N–H and O–H groups in total. The van der Waals surface area contributed by atoms with Crippen LogP contribution < -0.4 is 0 Å². The van der Waals surface area contributed by atoms with Crippen LogP contribution in [0.15, 0.2) is 24.4 Å². The fraction of sp³-hybridized carbons (Fsp3) is 0.438. The number of non-ortho nitro benzene ring substituents is 1. The van der Waals surface area contributed by atoms with Gasteiger partial charge in [-0.05, 0) is 17.4 Å². The molecule has 0 amide bonds. The molecule has 1 unspecified atom stereocenters. The number of hydrogen-bond acceptors (Lipinski definition) is 3. The van der Waals surface area contributed by atoms with Crippen LogP contribution in [0.5, 0.6) is 0 Å². The molecule has 1 aromatic heterocycles. The van der Waals surface area contributed by atoms with Crippen LogP contribution in [-0.4, -0.2) is 15.7 Å². The van der Waals surface area contributed by atoms with E-state index in [-0.39, 0.29) is 22.8 Å². The largest absolute Gasteiger partial charge is 0.360 e. The minimum absolute atomic E-state index is 0.0198. The maximum Gasteiger partial charge on any atom is 0.271 e. The first-order valence-corrected chi connectivity index (χ1v) is 6.99. The van der Waals surface area contributed by atoms with E-state index in [2.05, 4.69) is 32.7 Å². The van der Waals surface area contributed by atoms with Crippen LogP contribution in [-0.2, 0) is 0 Å². The zero-order chi connectivity index (χ0) is 15.8. The molecule has 2 rings (SSSR count). The van der Waals surface area contributed by atoms with E-state index in [9.17, 15) is 14.9 Å². The van der Waals surface area contributed by atoms with Crippen molar-refractivity contribution >= 4 is 22.4 Å². The molecule has 0 aliphatic carbocycles. The van der Waals surface area contributed by atoms with E-state index < -0.39 is 4.92 Å². The Morgan fingerprint density at radius 1 is 1.38 bits per heavy atom. The van der Waals surface area contributed by atoms with Gasteiger partial charge in [-0.2, -0.15) is 0 Å². The van der Waals surface area contributed by atoms with Gasteiger partial charge in [-0.3, -0.25) is 14.9 Å². The molecule has 2 aromatic rings. The van der Waals surface area contributed by atoms with E-state index in [1.165, 1.54) is 12.1 Å². The highest BCUT2D eigenvalue weighted by atomic mass is 16.6. The molecule has 0 spiro atoms. The van der Waals surface area contributed by atoms with Crippen LogP contribution in [0.2, 0.25) is 0 Å². The number of nitrogens with one attached hydrogen (secondary N) is 1. The highest BCUT2D eigenvalue weighted by Crippen LogP contribution is 2.31. The van der Waals surface area contributed by atoms with Gasteiger partial charge < -0.3 is 4.98 Å². The average Bonchev–Trinajstić information content (AvgIpc) is 2.80. The van der Waals surface area contributed by atoms with Gasteiger partial charge >= 0.3 is 0 Å². The van der Waals surface area contributed by atoms with Crippen LogP contribution >= 0.6 is 0 Å². The topological polar surface area (TPSA) is 76.0 Å². The summed E-state index contributed by atoms with van der Waals surface area (Å²) >= 11 is 0. The van der Waals surface area contributed by atoms with E-state index >= 15 is 0 Å². The lowest BCUT2D eigenvalue weighted by Crippen LogP contribution is -2.20. The van der Waals surface area contributed by atoms with Crippen molar-refractivity contribution in [1.82, 2.24) is 4.98 Å².